The molecule has 6 atom stereocenters. The molecule has 6 N–H and O–H groups in total. The minimum atomic E-state index is -2.45. The summed E-state index contributed by atoms with van der Waals surface area (Å²) in [7, 11) is 0. The van der Waals surface area contributed by atoms with Gasteiger partial charge < -0.3 is 35.4 Å². The van der Waals surface area contributed by atoms with Gasteiger partial charge in [0, 0.05) is 0 Å². The smallest absolute Gasteiger partial charge is 0.338 e. The molecule has 0 aliphatic carbocycles. The SMILES string of the molecule is CC(O)(C(=O)O)[C@@H]1O[C@H](CO)[C@H](O)[C@H](O)[C@H]1O. The fraction of sp³-hybridized carbons (Fsp3) is 0.889. The lowest BCUT2D eigenvalue weighted by Crippen LogP contribution is -2.66. The Hall–Kier alpha value is -0.770. The van der Waals surface area contributed by atoms with Crippen molar-refractivity contribution in [2.75, 3.05) is 6.61 Å². The summed E-state index contributed by atoms with van der Waals surface area (Å²) in [5.74, 6) is -1.65. The molecule has 0 saturated carbocycles. The number of carboxylic acids is 1. The predicted octanol–water partition coefficient (Wildman–Crippen LogP) is -3.34. The van der Waals surface area contributed by atoms with Crippen LogP contribution in [0.25, 0.3) is 0 Å². The maximum Gasteiger partial charge on any atom is 0.338 e. The van der Waals surface area contributed by atoms with Gasteiger partial charge in [-0.1, -0.05) is 0 Å². The molecule has 1 rings (SSSR count). The number of carbonyl (C=O) groups is 1. The van der Waals surface area contributed by atoms with E-state index in [0.29, 0.717) is 0 Å². The molecule has 0 radical (unpaired) electrons. The van der Waals surface area contributed by atoms with Crippen molar-refractivity contribution in [2.45, 2.75) is 43.0 Å². The minimum Gasteiger partial charge on any atom is -0.479 e. The molecule has 0 aromatic rings. The van der Waals surface area contributed by atoms with Crippen LogP contribution in [0.1, 0.15) is 6.92 Å². The van der Waals surface area contributed by atoms with E-state index in [1.165, 1.54) is 0 Å². The van der Waals surface area contributed by atoms with E-state index in [1.54, 1.807) is 0 Å². The largest absolute Gasteiger partial charge is 0.479 e. The third-order valence-electron chi connectivity index (χ3n) is 2.88. The highest BCUT2D eigenvalue weighted by Crippen LogP contribution is 2.28. The zero-order valence-corrected chi connectivity index (χ0v) is 9.09. The van der Waals surface area contributed by atoms with Crippen molar-refractivity contribution in [3.8, 4) is 0 Å². The molecule has 0 aromatic carbocycles. The normalized spacial score (nSPS) is 41.9. The molecular formula is C9H16O8. The maximum atomic E-state index is 10.8. The average molecular weight is 252 g/mol. The number of aliphatic hydroxyl groups excluding tert-OH is 4. The molecule has 1 aliphatic heterocycles. The number of ether oxygens (including phenoxy) is 1. The highest BCUT2D eigenvalue weighted by atomic mass is 16.6. The first-order valence-corrected chi connectivity index (χ1v) is 4.99. The number of hydrogen-bond donors (Lipinski definition) is 6. The third kappa shape index (κ3) is 2.41. The van der Waals surface area contributed by atoms with Crippen molar-refractivity contribution < 1.29 is 40.2 Å². The second-order valence-corrected chi connectivity index (χ2v) is 4.20. The first-order valence-electron chi connectivity index (χ1n) is 4.99. The Kier molecular flexibility index (Phi) is 4.07. The quantitative estimate of drug-likeness (QED) is 0.305. The van der Waals surface area contributed by atoms with Gasteiger partial charge in [-0.05, 0) is 6.92 Å². The second kappa shape index (κ2) is 4.84. The minimum absolute atomic E-state index is 0.683. The van der Waals surface area contributed by atoms with Gasteiger partial charge in [0.2, 0.25) is 0 Å². The Labute approximate surface area is 96.7 Å². The predicted molar refractivity (Wildman–Crippen MR) is 52.0 cm³/mol. The van der Waals surface area contributed by atoms with E-state index in [2.05, 4.69) is 0 Å². The Morgan fingerprint density at radius 3 is 2.18 bits per heavy atom. The lowest BCUT2D eigenvalue weighted by Gasteiger charge is -2.43. The summed E-state index contributed by atoms with van der Waals surface area (Å²) in [5, 5.41) is 55.7. The third-order valence-corrected chi connectivity index (χ3v) is 2.88. The summed E-state index contributed by atoms with van der Waals surface area (Å²) >= 11 is 0. The molecule has 1 aliphatic rings. The van der Waals surface area contributed by atoms with Crippen LogP contribution in [0.4, 0.5) is 0 Å². The Morgan fingerprint density at radius 2 is 1.76 bits per heavy atom. The summed E-state index contributed by atoms with van der Waals surface area (Å²) in [6, 6.07) is 0. The number of rotatable bonds is 3. The summed E-state index contributed by atoms with van der Waals surface area (Å²) in [6.45, 7) is 0.208. The molecule has 1 saturated heterocycles. The van der Waals surface area contributed by atoms with Gasteiger partial charge in [0.25, 0.3) is 0 Å². The van der Waals surface area contributed by atoms with Crippen molar-refractivity contribution >= 4 is 5.97 Å². The zero-order valence-electron chi connectivity index (χ0n) is 9.09. The van der Waals surface area contributed by atoms with Crippen LogP contribution in [-0.2, 0) is 9.53 Å². The van der Waals surface area contributed by atoms with E-state index in [1.807, 2.05) is 0 Å². The topological polar surface area (TPSA) is 148 Å². The summed E-state index contributed by atoms with van der Waals surface area (Å²) < 4.78 is 4.92. The van der Waals surface area contributed by atoms with Crippen molar-refractivity contribution in [1.29, 1.82) is 0 Å². The van der Waals surface area contributed by atoms with Crippen LogP contribution in [0.5, 0.6) is 0 Å². The lowest BCUT2D eigenvalue weighted by atomic mass is 9.86. The van der Waals surface area contributed by atoms with Gasteiger partial charge in [0.1, 0.15) is 30.5 Å². The van der Waals surface area contributed by atoms with Gasteiger partial charge in [-0.3, -0.25) is 0 Å². The van der Waals surface area contributed by atoms with Crippen molar-refractivity contribution in [2.24, 2.45) is 0 Å². The summed E-state index contributed by atoms with van der Waals surface area (Å²) in [6.07, 6.45) is -7.98. The molecule has 1 heterocycles. The Morgan fingerprint density at radius 1 is 1.24 bits per heavy atom. The van der Waals surface area contributed by atoms with Crippen LogP contribution in [0, 0.1) is 0 Å². The molecule has 8 heteroatoms. The molecule has 1 fully saturated rings. The monoisotopic (exact) mass is 252 g/mol. The summed E-state index contributed by atoms with van der Waals surface area (Å²) in [4.78, 5) is 10.8. The van der Waals surface area contributed by atoms with Gasteiger partial charge in [0.05, 0.1) is 6.61 Å². The van der Waals surface area contributed by atoms with Crippen molar-refractivity contribution in [3.63, 3.8) is 0 Å². The van der Waals surface area contributed by atoms with Crippen LogP contribution in [0.15, 0.2) is 0 Å². The average Bonchev–Trinajstić information content (AvgIpc) is 2.26. The lowest BCUT2D eigenvalue weighted by molar-refractivity contribution is -0.266. The molecule has 8 nitrogen and oxygen atoms in total. The standard InChI is InChI=1S/C9H16O8/c1-9(16,8(14)15)7-6(13)5(12)4(11)3(2-10)17-7/h3-7,10-13,16H,2H2,1H3,(H,14,15)/t3-,4+,5+,6-,7-,9?/m1/s1. The molecular weight excluding hydrogens is 236 g/mol. The molecule has 1 unspecified atom stereocenters. The van der Waals surface area contributed by atoms with Gasteiger partial charge >= 0.3 is 5.97 Å². The molecule has 100 valence electrons. The van der Waals surface area contributed by atoms with Crippen molar-refractivity contribution in [3.05, 3.63) is 0 Å². The first kappa shape index (κ1) is 14.3. The van der Waals surface area contributed by atoms with Gasteiger partial charge in [-0.15, -0.1) is 0 Å². The van der Waals surface area contributed by atoms with E-state index in [0.717, 1.165) is 6.92 Å². The maximum absolute atomic E-state index is 10.8. The van der Waals surface area contributed by atoms with Crippen molar-refractivity contribution in [1.82, 2.24) is 0 Å². The van der Waals surface area contributed by atoms with Crippen LogP contribution in [0.2, 0.25) is 0 Å². The molecule has 17 heavy (non-hydrogen) atoms. The van der Waals surface area contributed by atoms with Gasteiger partial charge in [-0.2, -0.15) is 0 Å². The van der Waals surface area contributed by atoms with Gasteiger partial charge in [0.15, 0.2) is 5.60 Å². The highest BCUT2D eigenvalue weighted by Gasteiger charge is 2.53. The Bertz CT molecular complexity index is 289. The van der Waals surface area contributed by atoms with Gasteiger partial charge in [-0.25, -0.2) is 4.79 Å². The van der Waals surface area contributed by atoms with Crippen LogP contribution in [0.3, 0.4) is 0 Å². The zero-order chi connectivity index (χ0) is 13.4. The highest BCUT2D eigenvalue weighted by molar-refractivity contribution is 5.77. The van der Waals surface area contributed by atoms with Crippen LogP contribution < -0.4 is 0 Å². The number of aliphatic carboxylic acids is 1. The molecule has 0 aromatic heterocycles. The molecule has 0 bridgehead atoms. The van der Waals surface area contributed by atoms with E-state index < -0.39 is 48.7 Å². The second-order valence-electron chi connectivity index (χ2n) is 4.20. The Balaban J connectivity index is 2.97. The molecule has 0 spiro atoms. The van der Waals surface area contributed by atoms with Crippen LogP contribution in [-0.4, -0.2) is 79.3 Å². The number of aliphatic hydroxyl groups is 5. The van der Waals surface area contributed by atoms with E-state index in [9.17, 15) is 25.2 Å². The fourth-order valence-electron chi connectivity index (χ4n) is 1.69. The fourth-order valence-corrected chi connectivity index (χ4v) is 1.69. The number of hydrogen-bond acceptors (Lipinski definition) is 7. The van der Waals surface area contributed by atoms with Crippen LogP contribution >= 0.6 is 0 Å². The van der Waals surface area contributed by atoms with E-state index in [4.69, 9.17) is 14.9 Å². The number of carboxylic acid groups (broad SMARTS) is 1. The summed E-state index contributed by atoms with van der Waals surface area (Å²) in [5.41, 5.74) is -2.45. The van der Waals surface area contributed by atoms with E-state index >= 15 is 0 Å². The first-order chi connectivity index (χ1) is 7.73. The molecule has 0 amide bonds. The van der Waals surface area contributed by atoms with E-state index in [-0.39, 0.29) is 0 Å².